The number of halogens is 1. The molecule has 140 valence electrons. The Kier molecular flexibility index (Phi) is 5.86. The van der Waals surface area contributed by atoms with Crippen molar-refractivity contribution in [3.05, 3.63) is 56.7 Å². The van der Waals surface area contributed by atoms with Crippen LogP contribution in [0.2, 0.25) is 0 Å². The van der Waals surface area contributed by atoms with Gasteiger partial charge >= 0.3 is 5.97 Å². The number of thioether (sulfide) groups is 1. The largest absolute Gasteiger partial charge is 0.480 e. The third-order valence-electron chi connectivity index (χ3n) is 3.86. The predicted molar refractivity (Wildman–Crippen MR) is 116 cm³/mol. The molecule has 3 rings (SSSR count). The number of carboxylic acids is 1. The first-order valence-electron chi connectivity index (χ1n) is 7.67. The maximum atomic E-state index is 11.0. The lowest BCUT2D eigenvalue weighted by Crippen LogP contribution is -2.33. The van der Waals surface area contributed by atoms with E-state index < -0.39 is 10.9 Å². The number of furan rings is 1. The second kappa shape index (κ2) is 7.98. The summed E-state index contributed by atoms with van der Waals surface area (Å²) in [6.07, 6.45) is 1.81. The van der Waals surface area contributed by atoms with E-state index in [1.807, 2.05) is 13.0 Å². The van der Waals surface area contributed by atoms with Gasteiger partial charge in [-0.1, -0.05) is 52.6 Å². The minimum Gasteiger partial charge on any atom is -0.480 e. The maximum absolute atomic E-state index is 11.0. The number of rotatable bonds is 5. The zero-order valence-corrected chi connectivity index (χ0v) is 17.7. The molecule has 2 heterocycles. The minimum atomic E-state index is -0.942. The third kappa shape index (κ3) is 4.33. The lowest BCUT2D eigenvalue weighted by Gasteiger charge is -2.18. The fourth-order valence-electron chi connectivity index (χ4n) is 2.55. The zero-order chi connectivity index (χ0) is 19.7. The fourth-order valence-corrected chi connectivity index (χ4v) is 5.31. The van der Waals surface area contributed by atoms with Crippen LogP contribution >= 0.6 is 46.6 Å². The highest BCUT2D eigenvalue weighted by molar-refractivity contribution is 14.1. The van der Waals surface area contributed by atoms with E-state index in [2.05, 4.69) is 22.6 Å². The van der Waals surface area contributed by atoms with Crippen molar-refractivity contribution < 1.29 is 19.2 Å². The molecular formula is C17H13IN2O5S2. The molecule has 0 amide bonds. The number of non-ortho nitro benzene ring substituents is 1. The molecule has 0 radical (unpaired) electrons. The van der Waals surface area contributed by atoms with Crippen molar-refractivity contribution >= 4 is 68.6 Å². The van der Waals surface area contributed by atoms with Crippen molar-refractivity contribution in [2.45, 2.75) is 11.0 Å². The number of alkyl halides is 1. The number of aliphatic carboxylic acids is 1. The zero-order valence-electron chi connectivity index (χ0n) is 13.9. The number of carboxylic acid groups (broad SMARTS) is 1. The van der Waals surface area contributed by atoms with Gasteiger partial charge in [-0.25, -0.2) is 0 Å². The van der Waals surface area contributed by atoms with Crippen LogP contribution in [-0.4, -0.2) is 35.8 Å². The molecule has 7 nitrogen and oxygen atoms in total. The van der Waals surface area contributed by atoms with Crippen molar-refractivity contribution in [3.8, 4) is 11.3 Å². The molecular weight excluding hydrogens is 503 g/mol. The normalized spacial score (nSPS) is 18.3. The highest BCUT2D eigenvalue weighted by Crippen LogP contribution is 2.40. The summed E-state index contributed by atoms with van der Waals surface area (Å²) in [6.45, 7) is 1.70. The second-order valence-corrected chi connectivity index (χ2v) is 8.62. The molecule has 1 aliphatic rings. The summed E-state index contributed by atoms with van der Waals surface area (Å²) in [5.41, 5.74) is 1.52. The Morgan fingerprint density at radius 2 is 2.22 bits per heavy atom. The molecule has 1 atom stereocenters. The van der Waals surface area contributed by atoms with Gasteiger partial charge in [-0.15, -0.1) is 0 Å². The SMILES string of the molecule is Cc1ccc([N+](=O)[O-])cc1-c1ccc(/C=C2/SC(=S)N(CC(=O)O)C2I)o1. The van der Waals surface area contributed by atoms with E-state index in [9.17, 15) is 14.9 Å². The van der Waals surface area contributed by atoms with Crippen molar-refractivity contribution in [3.63, 3.8) is 0 Å². The smallest absolute Gasteiger partial charge is 0.323 e. The lowest BCUT2D eigenvalue weighted by molar-refractivity contribution is -0.384. The van der Waals surface area contributed by atoms with Crippen LogP contribution in [0, 0.1) is 17.0 Å². The van der Waals surface area contributed by atoms with Crippen molar-refractivity contribution in [2.75, 3.05) is 6.54 Å². The summed E-state index contributed by atoms with van der Waals surface area (Å²) in [6, 6.07) is 8.16. The fraction of sp³-hybridized carbons (Fsp3) is 0.176. The first-order valence-corrected chi connectivity index (χ1v) is 10.1. The predicted octanol–water partition coefficient (Wildman–Crippen LogP) is 4.68. The Labute approximate surface area is 177 Å². The average Bonchev–Trinajstić information content (AvgIpc) is 3.15. The number of benzene rings is 1. The topological polar surface area (TPSA) is 96.8 Å². The molecule has 1 unspecified atom stereocenters. The molecule has 0 saturated carbocycles. The molecule has 1 aromatic heterocycles. The number of carbonyl (C=O) groups is 1. The Morgan fingerprint density at radius 3 is 2.89 bits per heavy atom. The standard InChI is InChI=1S/C17H13IN2O5S2/c1-9-2-3-10(20(23)24)6-12(9)13-5-4-11(25-13)7-14-16(18)19(8-15(21)22)17(26)27-14/h2-7,16H,8H2,1H3,(H,21,22)/b14-7+. The van der Waals surface area contributed by atoms with Crippen molar-refractivity contribution in [1.82, 2.24) is 4.90 Å². The number of hydrogen-bond acceptors (Lipinski definition) is 6. The summed E-state index contributed by atoms with van der Waals surface area (Å²) in [7, 11) is 0. The molecule has 2 aromatic rings. The lowest BCUT2D eigenvalue weighted by atomic mass is 10.1. The van der Waals surface area contributed by atoms with Gasteiger partial charge in [0.15, 0.2) is 0 Å². The Hall–Kier alpha value is -1.92. The monoisotopic (exact) mass is 516 g/mol. The third-order valence-corrected chi connectivity index (χ3v) is 7.10. The van der Waals surface area contributed by atoms with Gasteiger partial charge in [0, 0.05) is 22.6 Å². The number of nitro groups is 1. The highest BCUT2D eigenvalue weighted by Gasteiger charge is 2.33. The van der Waals surface area contributed by atoms with Gasteiger partial charge in [-0.2, -0.15) is 0 Å². The summed E-state index contributed by atoms with van der Waals surface area (Å²) in [5, 5.41) is 20.0. The van der Waals surface area contributed by atoms with Crippen molar-refractivity contribution in [1.29, 1.82) is 0 Å². The Balaban J connectivity index is 1.88. The summed E-state index contributed by atoms with van der Waals surface area (Å²) >= 11 is 8.72. The average molecular weight is 516 g/mol. The number of aryl methyl sites for hydroxylation is 1. The van der Waals surface area contributed by atoms with Crippen LogP contribution < -0.4 is 0 Å². The Bertz CT molecular complexity index is 972. The maximum Gasteiger partial charge on any atom is 0.323 e. The van der Waals surface area contributed by atoms with Crippen LogP contribution in [0.1, 0.15) is 11.3 Å². The number of nitrogens with zero attached hydrogens (tertiary/aromatic N) is 2. The van der Waals surface area contributed by atoms with E-state index in [1.54, 1.807) is 23.1 Å². The second-order valence-electron chi connectivity index (χ2n) is 5.73. The molecule has 27 heavy (non-hydrogen) atoms. The molecule has 0 bridgehead atoms. The first kappa shape index (κ1) is 19.8. The van der Waals surface area contributed by atoms with Gasteiger partial charge < -0.3 is 14.4 Å². The van der Waals surface area contributed by atoms with E-state index >= 15 is 0 Å². The summed E-state index contributed by atoms with van der Waals surface area (Å²) < 4.78 is 6.17. The van der Waals surface area contributed by atoms with Crippen LogP contribution in [0.5, 0.6) is 0 Å². The van der Waals surface area contributed by atoms with Crippen LogP contribution in [0.3, 0.4) is 0 Å². The summed E-state index contributed by atoms with van der Waals surface area (Å²) in [4.78, 5) is 24.0. The van der Waals surface area contributed by atoms with Crippen LogP contribution in [0.25, 0.3) is 17.4 Å². The van der Waals surface area contributed by atoms with E-state index in [1.165, 1.54) is 23.9 Å². The van der Waals surface area contributed by atoms with Gasteiger partial charge in [0.25, 0.3) is 5.69 Å². The highest BCUT2D eigenvalue weighted by atomic mass is 127. The van der Waals surface area contributed by atoms with E-state index in [0.717, 1.165) is 10.5 Å². The molecule has 1 saturated heterocycles. The van der Waals surface area contributed by atoms with Crippen LogP contribution in [-0.2, 0) is 4.79 Å². The first-order chi connectivity index (χ1) is 12.8. The number of nitro benzene ring substituents is 1. The summed E-state index contributed by atoms with van der Waals surface area (Å²) in [5.74, 6) is 0.156. The van der Waals surface area contributed by atoms with Gasteiger partial charge in [-0.05, 0) is 30.7 Å². The van der Waals surface area contributed by atoms with Crippen molar-refractivity contribution in [2.24, 2.45) is 0 Å². The molecule has 1 aliphatic heterocycles. The van der Waals surface area contributed by atoms with Crippen LogP contribution in [0.4, 0.5) is 5.69 Å². The quantitative estimate of drug-likeness (QED) is 0.153. The van der Waals surface area contributed by atoms with Gasteiger partial charge in [0.05, 0.1) is 4.92 Å². The molecule has 1 aromatic carbocycles. The molecule has 1 fully saturated rings. The molecule has 0 spiro atoms. The number of thiocarbonyl (C=S) groups is 1. The molecule has 0 aliphatic carbocycles. The Morgan fingerprint density at radius 1 is 1.48 bits per heavy atom. The van der Waals surface area contributed by atoms with Gasteiger partial charge in [-0.3, -0.25) is 14.9 Å². The minimum absolute atomic E-state index is 0.000223. The van der Waals surface area contributed by atoms with E-state index in [4.69, 9.17) is 21.7 Å². The molecule has 10 heteroatoms. The van der Waals surface area contributed by atoms with E-state index in [0.29, 0.717) is 21.4 Å². The van der Waals surface area contributed by atoms with Gasteiger partial charge in [0.1, 0.15) is 26.4 Å². The van der Waals surface area contributed by atoms with Gasteiger partial charge in [0.2, 0.25) is 0 Å². The van der Waals surface area contributed by atoms with E-state index in [-0.39, 0.29) is 16.3 Å². The number of hydrogen-bond donors (Lipinski definition) is 1. The van der Waals surface area contributed by atoms with Crippen LogP contribution in [0.15, 0.2) is 39.7 Å². The molecule has 1 N–H and O–H groups in total.